The first-order chi connectivity index (χ1) is 4.20. The SMILES string of the molecule is Cl.Cl.Cl.Nc1cnc(Cl)cc1N. The van der Waals surface area contributed by atoms with Crippen LogP contribution in [0.2, 0.25) is 5.15 Å². The van der Waals surface area contributed by atoms with Crippen LogP contribution in [0.3, 0.4) is 0 Å². The monoisotopic (exact) mass is 251 g/mol. The van der Waals surface area contributed by atoms with Gasteiger partial charge in [0, 0.05) is 6.07 Å². The van der Waals surface area contributed by atoms with Crippen molar-refractivity contribution in [2.75, 3.05) is 11.5 Å². The number of pyridine rings is 1. The zero-order valence-electron chi connectivity index (χ0n) is 5.86. The normalized spacial score (nSPS) is 7.08. The average molecular weight is 253 g/mol. The number of anilines is 2. The fraction of sp³-hybridized carbons (Fsp3) is 0. The lowest BCUT2D eigenvalue weighted by molar-refractivity contribution is 1.33. The van der Waals surface area contributed by atoms with Crippen molar-refractivity contribution in [3.8, 4) is 0 Å². The van der Waals surface area contributed by atoms with Crippen LogP contribution in [0.15, 0.2) is 12.3 Å². The van der Waals surface area contributed by atoms with Crippen molar-refractivity contribution in [2.45, 2.75) is 0 Å². The zero-order chi connectivity index (χ0) is 6.85. The minimum Gasteiger partial charge on any atom is -0.397 e. The molecule has 0 unspecified atom stereocenters. The number of hydrogen-bond donors (Lipinski definition) is 2. The Morgan fingerprint density at radius 3 is 1.92 bits per heavy atom. The van der Waals surface area contributed by atoms with Gasteiger partial charge in [0.2, 0.25) is 0 Å². The van der Waals surface area contributed by atoms with Crippen LogP contribution in [0.25, 0.3) is 0 Å². The summed E-state index contributed by atoms with van der Waals surface area (Å²) >= 11 is 5.47. The van der Waals surface area contributed by atoms with Gasteiger partial charge in [0.15, 0.2) is 0 Å². The molecule has 0 aliphatic carbocycles. The fourth-order valence-corrected chi connectivity index (χ4v) is 0.621. The molecule has 0 amide bonds. The predicted octanol–water partition coefficient (Wildman–Crippen LogP) is 2.16. The van der Waals surface area contributed by atoms with E-state index >= 15 is 0 Å². The van der Waals surface area contributed by atoms with E-state index in [1.54, 1.807) is 0 Å². The quantitative estimate of drug-likeness (QED) is 0.696. The summed E-state index contributed by atoms with van der Waals surface area (Å²) in [6.07, 6.45) is 1.43. The van der Waals surface area contributed by atoms with Gasteiger partial charge in [0.25, 0.3) is 0 Å². The molecule has 0 aliphatic rings. The maximum Gasteiger partial charge on any atom is 0.131 e. The Labute approximate surface area is 94.1 Å². The van der Waals surface area contributed by atoms with E-state index in [0.717, 1.165) is 0 Å². The third-order valence-electron chi connectivity index (χ3n) is 0.935. The van der Waals surface area contributed by atoms with Gasteiger partial charge in [-0.15, -0.1) is 37.2 Å². The summed E-state index contributed by atoms with van der Waals surface area (Å²) in [7, 11) is 0. The molecule has 1 rings (SSSR count). The van der Waals surface area contributed by atoms with E-state index in [1.165, 1.54) is 12.3 Å². The second kappa shape index (κ2) is 7.55. The van der Waals surface area contributed by atoms with E-state index in [1.807, 2.05) is 0 Å². The molecule has 0 spiro atoms. The molecule has 0 atom stereocenters. The molecule has 1 heterocycles. The highest BCUT2D eigenvalue weighted by Gasteiger charge is 1.93. The van der Waals surface area contributed by atoms with Crippen LogP contribution < -0.4 is 11.5 Å². The molecule has 0 aromatic carbocycles. The van der Waals surface area contributed by atoms with E-state index in [9.17, 15) is 0 Å². The highest BCUT2D eigenvalue weighted by atomic mass is 35.5. The third kappa shape index (κ3) is 4.72. The summed E-state index contributed by atoms with van der Waals surface area (Å²) in [5, 5.41) is 0.363. The van der Waals surface area contributed by atoms with Crippen molar-refractivity contribution < 1.29 is 0 Å². The lowest BCUT2D eigenvalue weighted by Gasteiger charge is -1.96. The zero-order valence-corrected chi connectivity index (χ0v) is 9.06. The largest absolute Gasteiger partial charge is 0.397 e. The first-order valence-electron chi connectivity index (χ1n) is 2.36. The highest BCUT2D eigenvalue weighted by Crippen LogP contribution is 2.15. The molecule has 1 aromatic rings. The Morgan fingerprint density at radius 2 is 1.58 bits per heavy atom. The Hall–Kier alpha value is -0.0900. The molecule has 0 aliphatic heterocycles. The molecule has 0 saturated heterocycles. The van der Waals surface area contributed by atoms with Gasteiger partial charge in [-0.05, 0) is 0 Å². The summed E-state index contributed by atoms with van der Waals surface area (Å²) in [5.41, 5.74) is 11.6. The van der Waals surface area contributed by atoms with Crippen molar-refractivity contribution in [3.05, 3.63) is 17.4 Å². The Morgan fingerprint density at radius 1 is 1.08 bits per heavy atom. The summed E-state index contributed by atoms with van der Waals surface area (Å²) in [5.74, 6) is 0. The second-order valence-corrected chi connectivity index (χ2v) is 2.02. The number of nitrogens with zero attached hydrogens (tertiary/aromatic N) is 1. The topological polar surface area (TPSA) is 64.9 Å². The molecule has 4 N–H and O–H groups in total. The molecule has 0 radical (unpaired) electrons. The van der Waals surface area contributed by atoms with Crippen molar-refractivity contribution in [1.82, 2.24) is 4.98 Å². The summed E-state index contributed by atoms with van der Waals surface area (Å²) < 4.78 is 0. The van der Waals surface area contributed by atoms with Crippen molar-refractivity contribution in [1.29, 1.82) is 0 Å². The number of aromatic nitrogens is 1. The van der Waals surface area contributed by atoms with Crippen LogP contribution >= 0.6 is 48.8 Å². The number of nitrogens with two attached hydrogens (primary N) is 2. The van der Waals surface area contributed by atoms with Crippen LogP contribution in [-0.2, 0) is 0 Å². The Bertz CT molecular complexity index is 230. The lowest BCUT2D eigenvalue weighted by Crippen LogP contribution is -1.94. The van der Waals surface area contributed by atoms with Crippen molar-refractivity contribution in [2.24, 2.45) is 0 Å². The van der Waals surface area contributed by atoms with Gasteiger partial charge < -0.3 is 11.5 Å². The van der Waals surface area contributed by atoms with Gasteiger partial charge in [-0.2, -0.15) is 0 Å². The van der Waals surface area contributed by atoms with E-state index in [-0.39, 0.29) is 37.2 Å². The molecule has 0 saturated carbocycles. The number of hydrogen-bond acceptors (Lipinski definition) is 3. The summed E-state index contributed by atoms with van der Waals surface area (Å²) in [6, 6.07) is 1.51. The number of nitrogen functional groups attached to an aromatic ring is 2. The maximum atomic E-state index is 5.47. The first-order valence-corrected chi connectivity index (χ1v) is 2.74. The van der Waals surface area contributed by atoms with E-state index < -0.39 is 0 Å². The molecule has 7 heteroatoms. The van der Waals surface area contributed by atoms with Gasteiger partial charge in [-0.1, -0.05) is 11.6 Å². The molecular formula is C5H9Cl4N3. The van der Waals surface area contributed by atoms with Crippen molar-refractivity contribution in [3.63, 3.8) is 0 Å². The molecule has 12 heavy (non-hydrogen) atoms. The number of halogens is 4. The Kier molecular flexibility index (Phi) is 11.2. The molecule has 3 nitrogen and oxygen atoms in total. The van der Waals surface area contributed by atoms with Crippen LogP contribution in [0.5, 0.6) is 0 Å². The average Bonchev–Trinajstić information content (AvgIpc) is 1.80. The minimum atomic E-state index is 0. The third-order valence-corrected chi connectivity index (χ3v) is 1.14. The van der Waals surface area contributed by atoms with Crippen LogP contribution in [0.1, 0.15) is 0 Å². The molecule has 72 valence electrons. The smallest absolute Gasteiger partial charge is 0.131 e. The Balaban J connectivity index is -0.000000270. The maximum absolute atomic E-state index is 5.47. The lowest BCUT2D eigenvalue weighted by atomic mass is 10.4. The van der Waals surface area contributed by atoms with Gasteiger partial charge in [0.1, 0.15) is 5.15 Å². The molecule has 0 bridgehead atoms. The van der Waals surface area contributed by atoms with Gasteiger partial charge in [0.05, 0.1) is 17.6 Å². The summed E-state index contributed by atoms with van der Waals surface area (Å²) in [4.78, 5) is 3.70. The number of rotatable bonds is 0. The fourth-order valence-electron chi connectivity index (χ4n) is 0.455. The van der Waals surface area contributed by atoms with Gasteiger partial charge in [-0.25, -0.2) is 4.98 Å². The van der Waals surface area contributed by atoms with Gasteiger partial charge >= 0.3 is 0 Å². The molecular weight excluding hydrogens is 244 g/mol. The standard InChI is InChI=1S/C5H6ClN3.3ClH/c6-5-1-3(7)4(8)2-9-5;;;/h1-2H,8H2,(H2,7,9);3*1H. The second-order valence-electron chi connectivity index (χ2n) is 1.64. The molecule has 1 aromatic heterocycles. The van der Waals surface area contributed by atoms with Crippen LogP contribution in [-0.4, -0.2) is 4.98 Å². The predicted molar refractivity (Wildman–Crippen MR) is 59.8 cm³/mol. The van der Waals surface area contributed by atoms with E-state index in [0.29, 0.717) is 16.5 Å². The minimum absolute atomic E-state index is 0. The van der Waals surface area contributed by atoms with E-state index in [2.05, 4.69) is 4.98 Å². The van der Waals surface area contributed by atoms with E-state index in [4.69, 9.17) is 23.1 Å². The van der Waals surface area contributed by atoms with Crippen LogP contribution in [0, 0.1) is 0 Å². The molecule has 0 fully saturated rings. The van der Waals surface area contributed by atoms with Crippen LogP contribution in [0.4, 0.5) is 11.4 Å². The van der Waals surface area contributed by atoms with Gasteiger partial charge in [-0.3, -0.25) is 0 Å². The van der Waals surface area contributed by atoms with Crippen molar-refractivity contribution >= 4 is 60.2 Å². The summed E-state index contributed by atoms with van der Waals surface area (Å²) in [6.45, 7) is 0. The highest BCUT2D eigenvalue weighted by molar-refractivity contribution is 6.29. The first kappa shape index (κ1) is 17.9.